The second kappa shape index (κ2) is 7.70. The third-order valence-electron chi connectivity index (χ3n) is 4.86. The zero-order valence-electron chi connectivity index (χ0n) is 14.4. The van der Waals surface area contributed by atoms with Crippen molar-refractivity contribution in [2.24, 2.45) is 5.92 Å². The molecule has 3 rings (SSSR count). The summed E-state index contributed by atoms with van der Waals surface area (Å²) in [5.41, 5.74) is -1.80. The van der Waals surface area contributed by atoms with Gasteiger partial charge in [0.25, 0.3) is 11.5 Å². The average molecular weight is 369 g/mol. The number of amides is 1. The van der Waals surface area contributed by atoms with Crippen LogP contribution in [0.2, 0.25) is 0 Å². The van der Waals surface area contributed by atoms with E-state index in [1.54, 1.807) is 6.92 Å². The van der Waals surface area contributed by atoms with Crippen LogP contribution in [0.3, 0.4) is 0 Å². The SMILES string of the molecule is C[C@H]1C(O)[C@@H](CO)O[C@H]1n1cc(C(=O)NC[C@H]2CCCO2)c(=O)[nH]c1=O. The normalized spacial score (nSPS) is 31.3. The molecule has 0 bridgehead atoms. The van der Waals surface area contributed by atoms with E-state index in [4.69, 9.17) is 9.47 Å². The van der Waals surface area contributed by atoms with Crippen LogP contribution >= 0.6 is 0 Å². The molecule has 0 aliphatic carbocycles. The average Bonchev–Trinajstić information content (AvgIpc) is 3.23. The molecule has 3 heterocycles. The van der Waals surface area contributed by atoms with E-state index in [1.807, 2.05) is 0 Å². The smallest absolute Gasteiger partial charge is 0.330 e. The Hall–Kier alpha value is -2.01. The number of rotatable bonds is 5. The molecule has 2 aliphatic rings. The molecule has 4 N–H and O–H groups in total. The number of aliphatic hydroxyl groups excluding tert-OH is 2. The Labute approximate surface area is 148 Å². The molecule has 1 aromatic heterocycles. The number of aliphatic hydroxyl groups is 2. The highest BCUT2D eigenvalue weighted by atomic mass is 16.5. The number of hydrogen-bond donors (Lipinski definition) is 4. The van der Waals surface area contributed by atoms with Crippen molar-refractivity contribution in [3.05, 3.63) is 32.6 Å². The van der Waals surface area contributed by atoms with Gasteiger partial charge in [0, 0.05) is 25.3 Å². The van der Waals surface area contributed by atoms with Gasteiger partial charge in [-0.25, -0.2) is 4.79 Å². The number of aromatic amines is 1. The van der Waals surface area contributed by atoms with Gasteiger partial charge in [-0.2, -0.15) is 0 Å². The van der Waals surface area contributed by atoms with Crippen molar-refractivity contribution in [2.45, 2.75) is 44.3 Å². The summed E-state index contributed by atoms with van der Waals surface area (Å²) in [6, 6.07) is 0. The van der Waals surface area contributed by atoms with Crippen molar-refractivity contribution < 1.29 is 24.5 Å². The second-order valence-corrected chi connectivity index (χ2v) is 6.65. The van der Waals surface area contributed by atoms with Crippen LogP contribution in [0.5, 0.6) is 0 Å². The lowest BCUT2D eigenvalue weighted by Crippen LogP contribution is -2.40. The molecule has 1 amide bonds. The highest BCUT2D eigenvalue weighted by Gasteiger charge is 2.42. The summed E-state index contributed by atoms with van der Waals surface area (Å²) in [5, 5.41) is 21.9. The fourth-order valence-electron chi connectivity index (χ4n) is 3.30. The van der Waals surface area contributed by atoms with Gasteiger partial charge in [0.05, 0.1) is 18.8 Å². The van der Waals surface area contributed by atoms with E-state index in [2.05, 4.69) is 10.3 Å². The van der Waals surface area contributed by atoms with E-state index in [0.717, 1.165) is 23.6 Å². The van der Waals surface area contributed by atoms with Crippen LogP contribution < -0.4 is 16.6 Å². The monoisotopic (exact) mass is 369 g/mol. The Balaban J connectivity index is 1.82. The first kappa shape index (κ1) is 18.8. The Morgan fingerprint density at radius 2 is 2.23 bits per heavy atom. The quantitative estimate of drug-likeness (QED) is 0.486. The van der Waals surface area contributed by atoms with Crippen LogP contribution in [-0.2, 0) is 9.47 Å². The predicted octanol–water partition coefficient (Wildman–Crippen LogP) is -1.67. The molecule has 26 heavy (non-hydrogen) atoms. The number of H-pyrrole nitrogens is 1. The standard InChI is InChI=1S/C16H23N3O7/c1-8-12(21)11(7-20)26-15(8)19-6-10(14(23)18-16(19)24)13(22)17-5-9-3-2-4-25-9/h6,8-9,11-12,15,20-21H,2-5,7H2,1H3,(H,17,22)(H,18,23,24)/t8-,9+,11+,12?,15+/m0/s1. The van der Waals surface area contributed by atoms with Crippen molar-refractivity contribution in [2.75, 3.05) is 19.8 Å². The Morgan fingerprint density at radius 3 is 2.85 bits per heavy atom. The van der Waals surface area contributed by atoms with E-state index in [9.17, 15) is 24.6 Å². The van der Waals surface area contributed by atoms with Crippen molar-refractivity contribution in [1.82, 2.24) is 14.9 Å². The molecule has 2 fully saturated rings. The lowest BCUT2D eigenvalue weighted by molar-refractivity contribution is -0.0477. The number of nitrogens with one attached hydrogen (secondary N) is 2. The largest absolute Gasteiger partial charge is 0.394 e. The zero-order chi connectivity index (χ0) is 18.8. The maximum absolute atomic E-state index is 12.3. The minimum Gasteiger partial charge on any atom is -0.394 e. The van der Waals surface area contributed by atoms with Gasteiger partial charge < -0.3 is 25.0 Å². The molecule has 0 aromatic carbocycles. The maximum atomic E-state index is 12.3. The van der Waals surface area contributed by atoms with E-state index in [1.165, 1.54) is 0 Å². The molecule has 2 aliphatic heterocycles. The number of nitrogens with zero attached hydrogens (tertiary/aromatic N) is 1. The van der Waals surface area contributed by atoms with Gasteiger partial charge in [-0.3, -0.25) is 19.1 Å². The predicted molar refractivity (Wildman–Crippen MR) is 88.8 cm³/mol. The summed E-state index contributed by atoms with van der Waals surface area (Å²) in [7, 11) is 0. The molecule has 5 atom stereocenters. The highest BCUT2D eigenvalue weighted by Crippen LogP contribution is 2.33. The Kier molecular flexibility index (Phi) is 5.56. The molecular weight excluding hydrogens is 346 g/mol. The van der Waals surface area contributed by atoms with Crippen LogP contribution in [0.4, 0.5) is 0 Å². The number of aromatic nitrogens is 2. The fourth-order valence-corrected chi connectivity index (χ4v) is 3.30. The van der Waals surface area contributed by atoms with Crippen LogP contribution in [0.1, 0.15) is 36.4 Å². The highest BCUT2D eigenvalue weighted by molar-refractivity contribution is 5.93. The van der Waals surface area contributed by atoms with Crippen LogP contribution in [-0.4, -0.2) is 63.7 Å². The minimum atomic E-state index is -0.972. The van der Waals surface area contributed by atoms with Crippen LogP contribution in [0.25, 0.3) is 0 Å². The molecule has 10 heteroatoms. The molecule has 2 saturated heterocycles. The first-order chi connectivity index (χ1) is 12.4. The lowest BCUT2D eigenvalue weighted by Gasteiger charge is -2.19. The van der Waals surface area contributed by atoms with Crippen molar-refractivity contribution in [3.63, 3.8) is 0 Å². The van der Waals surface area contributed by atoms with Crippen LogP contribution in [0.15, 0.2) is 15.8 Å². The number of carbonyl (C=O) groups is 1. The van der Waals surface area contributed by atoms with Gasteiger partial charge in [0.1, 0.15) is 17.9 Å². The molecule has 0 spiro atoms. The number of hydrogen-bond acceptors (Lipinski definition) is 7. The van der Waals surface area contributed by atoms with Crippen molar-refractivity contribution >= 4 is 5.91 Å². The summed E-state index contributed by atoms with van der Waals surface area (Å²) in [6.07, 6.45) is 0.0889. The zero-order valence-corrected chi connectivity index (χ0v) is 14.4. The second-order valence-electron chi connectivity index (χ2n) is 6.65. The van der Waals surface area contributed by atoms with E-state index >= 15 is 0 Å². The van der Waals surface area contributed by atoms with Crippen molar-refractivity contribution in [1.29, 1.82) is 0 Å². The summed E-state index contributed by atoms with van der Waals surface area (Å²) < 4.78 is 12.0. The lowest BCUT2D eigenvalue weighted by atomic mass is 10.0. The molecule has 10 nitrogen and oxygen atoms in total. The topological polar surface area (TPSA) is 143 Å². The number of carbonyl (C=O) groups excluding carboxylic acids is 1. The molecule has 0 saturated carbocycles. The summed E-state index contributed by atoms with van der Waals surface area (Å²) >= 11 is 0. The molecule has 1 aromatic rings. The van der Waals surface area contributed by atoms with Gasteiger partial charge in [0.15, 0.2) is 0 Å². The fraction of sp³-hybridized carbons (Fsp3) is 0.688. The minimum absolute atomic E-state index is 0.0809. The first-order valence-electron chi connectivity index (χ1n) is 8.62. The first-order valence-corrected chi connectivity index (χ1v) is 8.62. The van der Waals surface area contributed by atoms with E-state index in [-0.39, 0.29) is 18.2 Å². The molecule has 144 valence electrons. The maximum Gasteiger partial charge on any atom is 0.330 e. The van der Waals surface area contributed by atoms with Gasteiger partial charge >= 0.3 is 5.69 Å². The third kappa shape index (κ3) is 3.58. The summed E-state index contributed by atoms with van der Waals surface area (Å²) in [5.74, 6) is -1.14. The summed E-state index contributed by atoms with van der Waals surface area (Å²) in [4.78, 5) is 38.6. The third-order valence-corrected chi connectivity index (χ3v) is 4.86. The van der Waals surface area contributed by atoms with Gasteiger partial charge in [-0.1, -0.05) is 6.92 Å². The van der Waals surface area contributed by atoms with E-state index in [0.29, 0.717) is 6.61 Å². The number of ether oxygens (including phenoxy) is 2. The Bertz CT molecular complexity index is 768. The molecular formula is C16H23N3O7. The van der Waals surface area contributed by atoms with Gasteiger partial charge in [0.2, 0.25) is 0 Å². The van der Waals surface area contributed by atoms with Crippen LogP contribution in [0, 0.1) is 5.92 Å². The van der Waals surface area contributed by atoms with Crippen molar-refractivity contribution in [3.8, 4) is 0 Å². The Morgan fingerprint density at radius 1 is 1.46 bits per heavy atom. The summed E-state index contributed by atoms with van der Waals surface area (Å²) in [6.45, 7) is 2.17. The molecule has 1 unspecified atom stereocenters. The van der Waals surface area contributed by atoms with E-state index < -0.39 is 48.1 Å². The van der Waals surface area contributed by atoms with Gasteiger partial charge in [-0.05, 0) is 12.8 Å². The van der Waals surface area contributed by atoms with Gasteiger partial charge in [-0.15, -0.1) is 0 Å². The molecule has 0 radical (unpaired) electrons.